The molecule has 6 nitrogen and oxygen atoms in total. The molecular weight excluding hydrogens is 525 g/mol. The highest BCUT2D eigenvalue weighted by atomic mass is 32.2. The van der Waals surface area contributed by atoms with E-state index in [0.29, 0.717) is 33.9 Å². The number of ether oxygens (including phenoxy) is 1. The van der Waals surface area contributed by atoms with Crippen LogP contribution in [-0.4, -0.2) is 46.5 Å². The minimum Gasteiger partial charge on any atom is -0.431 e. The van der Waals surface area contributed by atoms with E-state index in [1.54, 1.807) is 24.2 Å². The van der Waals surface area contributed by atoms with E-state index in [1.807, 2.05) is 25.1 Å². The van der Waals surface area contributed by atoms with Gasteiger partial charge >= 0.3 is 6.11 Å². The maximum atomic E-state index is 14.3. The Morgan fingerprint density at radius 2 is 1.87 bits per heavy atom. The van der Waals surface area contributed by atoms with E-state index in [1.165, 1.54) is 43.0 Å². The van der Waals surface area contributed by atoms with Crippen LogP contribution in [0.2, 0.25) is 0 Å². The summed E-state index contributed by atoms with van der Waals surface area (Å²) < 4.78 is 46.0. The molecule has 0 unspecified atom stereocenters. The highest BCUT2D eigenvalue weighted by Gasteiger charge is 2.40. The second-order valence-electron chi connectivity index (χ2n) is 9.25. The molecule has 0 radical (unpaired) electrons. The molecule has 2 aromatic rings. The monoisotopic (exact) mass is 554 g/mol. The maximum Gasteiger partial charge on any atom is 0.421 e. The number of benzene rings is 1. The number of aliphatic hydroxyl groups is 1. The molecule has 3 rings (SSSR count). The largest absolute Gasteiger partial charge is 0.431 e. The molecule has 1 saturated heterocycles. The van der Waals surface area contributed by atoms with E-state index in [2.05, 4.69) is 21.9 Å². The summed E-state index contributed by atoms with van der Waals surface area (Å²) in [6.45, 7) is 3.85. The Morgan fingerprint density at radius 3 is 2.38 bits per heavy atom. The Hall–Kier alpha value is -3.73. The van der Waals surface area contributed by atoms with Gasteiger partial charge in [0.1, 0.15) is 30.2 Å². The third-order valence-corrected chi connectivity index (χ3v) is 7.11. The predicted molar refractivity (Wildman–Crippen MR) is 145 cm³/mol. The quantitative estimate of drug-likeness (QED) is 0.254. The molecule has 39 heavy (non-hydrogen) atoms. The van der Waals surface area contributed by atoms with E-state index < -0.39 is 18.4 Å². The SMILES string of the molecule is CC/C=C(SCc1cccnc1)/C(C#N)=C(\C(C#N)=C(/C)N1CC(C)(F)C1)c1ccc(OC(F)(F)CO)cc1. The summed E-state index contributed by atoms with van der Waals surface area (Å²) in [5.74, 6) is 0.332. The van der Waals surface area contributed by atoms with E-state index >= 15 is 0 Å². The van der Waals surface area contributed by atoms with Crippen LogP contribution in [0.1, 0.15) is 38.3 Å². The number of halogens is 3. The average Bonchev–Trinajstić information content (AvgIpc) is 2.91. The second kappa shape index (κ2) is 12.9. The van der Waals surface area contributed by atoms with Crippen LogP contribution in [0.15, 0.2) is 76.6 Å². The number of thioether (sulfide) groups is 1. The Kier molecular flexibility index (Phi) is 9.85. The Morgan fingerprint density at radius 1 is 1.21 bits per heavy atom. The third-order valence-electron chi connectivity index (χ3n) is 5.95. The topological polar surface area (TPSA) is 93.2 Å². The van der Waals surface area contributed by atoms with Gasteiger partial charge in [-0.05, 0) is 49.6 Å². The minimum absolute atomic E-state index is 0.107. The van der Waals surface area contributed by atoms with Gasteiger partial charge in [0.05, 0.1) is 24.2 Å². The number of aromatic nitrogens is 1. The van der Waals surface area contributed by atoms with Crippen LogP contribution in [-0.2, 0) is 5.75 Å². The normalized spacial score (nSPS) is 16.3. The first-order valence-electron chi connectivity index (χ1n) is 12.2. The van der Waals surface area contributed by atoms with Crippen molar-refractivity contribution >= 4 is 17.3 Å². The summed E-state index contributed by atoms with van der Waals surface area (Å²) in [7, 11) is 0. The maximum absolute atomic E-state index is 14.3. The number of hydrogen-bond donors (Lipinski definition) is 1. The predicted octanol–water partition coefficient (Wildman–Crippen LogP) is 6.39. The van der Waals surface area contributed by atoms with Gasteiger partial charge < -0.3 is 14.7 Å². The molecule has 1 aliphatic heterocycles. The molecule has 10 heteroatoms. The van der Waals surface area contributed by atoms with Crippen LogP contribution >= 0.6 is 11.8 Å². The lowest BCUT2D eigenvalue weighted by atomic mass is 9.90. The van der Waals surface area contributed by atoms with Crippen molar-refractivity contribution < 1.29 is 23.0 Å². The first kappa shape index (κ1) is 29.8. The summed E-state index contributed by atoms with van der Waals surface area (Å²) in [5.41, 5.74) is 1.23. The van der Waals surface area contributed by atoms with Gasteiger partial charge in [-0.15, -0.1) is 11.8 Å². The summed E-state index contributed by atoms with van der Waals surface area (Å²) in [6, 6.07) is 13.7. The first-order chi connectivity index (χ1) is 18.5. The zero-order valence-electron chi connectivity index (χ0n) is 21.9. The Bertz CT molecular complexity index is 1330. The molecule has 0 spiro atoms. The fourth-order valence-corrected chi connectivity index (χ4v) is 5.14. The zero-order chi connectivity index (χ0) is 28.6. The Labute approximate surface area is 230 Å². The smallest absolute Gasteiger partial charge is 0.421 e. The van der Waals surface area contributed by atoms with Crippen LogP contribution in [0, 0.1) is 22.7 Å². The van der Waals surface area contributed by atoms with Gasteiger partial charge in [-0.25, -0.2) is 4.39 Å². The average molecular weight is 555 g/mol. The summed E-state index contributed by atoms with van der Waals surface area (Å²) >= 11 is 1.42. The molecule has 0 saturated carbocycles. The van der Waals surface area contributed by atoms with Crippen LogP contribution < -0.4 is 4.74 Å². The van der Waals surface area contributed by atoms with Gasteiger partial charge in [-0.2, -0.15) is 19.3 Å². The van der Waals surface area contributed by atoms with Gasteiger partial charge in [-0.1, -0.05) is 31.2 Å². The number of pyridine rings is 1. The van der Waals surface area contributed by atoms with Gasteiger partial charge in [0.25, 0.3) is 0 Å². The van der Waals surface area contributed by atoms with Crippen LogP contribution in [0.3, 0.4) is 0 Å². The highest BCUT2D eigenvalue weighted by molar-refractivity contribution is 8.02. The van der Waals surface area contributed by atoms with E-state index in [9.17, 15) is 23.7 Å². The zero-order valence-corrected chi connectivity index (χ0v) is 22.7. The number of likely N-dealkylation sites (tertiary alicyclic amines) is 1. The lowest BCUT2D eigenvalue weighted by molar-refractivity contribution is -0.200. The van der Waals surface area contributed by atoms with E-state index in [0.717, 1.165) is 5.56 Å². The van der Waals surface area contributed by atoms with E-state index in [-0.39, 0.29) is 30.0 Å². The van der Waals surface area contributed by atoms with Crippen molar-refractivity contribution in [3.05, 3.63) is 87.7 Å². The van der Waals surface area contributed by atoms with E-state index in [4.69, 9.17) is 5.11 Å². The fourth-order valence-electron chi connectivity index (χ4n) is 4.07. The van der Waals surface area contributed by atoms with Crippen LogP contribution in [0.25, 0.3) is 5.57 Å². The van der Waals surface area contributed by atoms with Crippen LogP contribution in [0.5, 0.6) is 5.75 Å². The molecule has 1 fully saturated rings. The summed E-state index contributed by atoms with van der Waals surface area (Å²) in [6.07, 6.45) is 2.16. The number of rotatable bonds is 11. The molecule has 0 amide bonds. The van der Waals surface area contributed by atoms with Gasteiger partial charge in [-0.3, -0.25) is 4.98 Å². The number of aliphatic hydroxyl groups excluding tert-OH is 1. The number of hydrogen-bond acceptors (Lipinski definition) is 7. The van der Waals surface area contributed by atoms with Crippen molar-refractivity contribution in [2.75, 3.05) is 19.7 Å². The number of alkyl halides is 3. The first-order valence-corrected chi connectivity index (χ1v) is 13.2. The van der Waals surface area contributed by atoms with Crippen LogP contribution in [0.4, 0.5) is 13.2 Å². The molecule has 0 bridgehead atoms. The van der Waals surface area contributed by atoms with Crippen molar-refractivity contribution in [3.63, 3.8) is 0 Å². The summed E-state index contributed by atoms with van der Waals surface area (Å²) in [5, 5.41) is 29.5. The molecule has 0 aliphatic carbocycles. The molecule has 0 atom stereocenters. The third kappa shape index (κ3) is 7.66. The van der Waals surface area contributed by atoms with Crippen molar-refractivity contribution in [2.24, 2.45) is 0 Å². The fraction of sp³-hybridized carbons (Fsp3) is 0.345. The molecule has 1 aromatic carbocycles. The summed E-state index contributed by atoms with van der Waals surface area (Å²) in [4.78, 5) is 6.51. The van der Waals surface area contributed by atoms with Gasteiger partial charge in [0, 0.05) is 34.3 Å². The van der Waals surface area contributed by atoms with Crippen molar-refractivity contribution in [1.29, 1.82) is 10.5 Å². The number of allylic oxidation sites excluding steroid dienone is 5. The second-order valence-corrected chi connectivity index (χ2v) is 10.3. The van der Waals surface area contributed by atoms with Crippen molar-refractivity contribution in [2.45, 2.75) is 44.7 Å². The standard InChI is InChI=1S/C29H29F3N4O2S/c1-4-6-26(39-16-21-7-5-12-35-15-21)25(14-34)27(24(13-33)20(2)36-17-28(3,30)18-36)22-8-10-23(11-9-22)38-29(31,32)19-37/h5-12,15,37H,4,16-19H2,1-3H3/b24-20+,26-6-,27-25-. The molecule has 204 valence electrons. The molecule has 2 heterocycles. The number of nitrogens with zero attached hydrogens (tertiary/aromatic N) is 4. The highest BCUT2D eigenvalue weighted by Crippen LogP contribution is 2.40. The molecule has 1 aromatic heterocycles. The van der Waals surface area contributed by atoms with Crippen molar-refractivity contribution in [1.82, 2.24) is 9.88 Å². The molecular formula is C29H29F3N4O2S. The van der Waals surface area contributed by atoms with Gasteiger partial charge in [0.15, 0.2) is 0 Å². The molecule has 1 aliphatic rings. The lowest BCUT2D eigenvalue weighted by Gasteiger charge is -2.44. The van der Waals surface area contributed by atoms with Gasteiger partial charge in [0.2, 0.25) is 0 Å². The van der Waals surface area contributed by atoms with Crippen molar-refractivity contribution in [3.8, 4) is 17.9 Å². The Balaban J connectivity index is 2.15. The number of nitriles is 2. The minimum atomic E-state index is -3.76. The molecule has 1 N–H and O–H groups in total. The lowest BCUT2D eigenvalue weighted by Crippen LogP contribution is -2.56.